The maximum Gasteiger partial charge on any atom is 0.307 e. The average molecular weight is 335 g/mol. The van der Waals surface area contributed by atoms with Crippen LogP contribution in [0.5, 0.6) is 5.75 Å². The first-order valence-electron chi connectivity index (χ1n) is 8.61. The number of nitrogens with zero attached hydrogens (tertiary/aromatic N) is 1. The molecule has 0 aliphatic carbocycles. The minimum absolute atomic E-state index is 0.0251. The van der Waals surface area contributed by atoms with Crippen LogP contribution in [0.15, 0.2) is 24.3 Å². The second-order valence-corrected chi connectivity index (χ2v) is 6.04. The number of hydrogen-bond acceptors (Lipinski definition) is 4. The van der Waals surface area contributed by atoms with Gasteiger partial charge in [0.1, 0.15) is 5.75 Å². The SMILES string of the molecule is CCOC(=O)CCN(CC(C)C)C(=O)Cc1ccc(OCC)cc1. The third kappa shape index (κ3) is 7.49. The lowest BCUT2D eigenvalue weighted by atomic mass is 10.1. The Morgan fingerprint density at radius 1 is 1.08 bits per heavy atom. The Kier molecular flexibility index (Phi) is 8.90. The van der Waals surface area contributed by atoms with Gasteiger partial charge in [0.25, 0.3) is 0 Å². The van der Waals surface area contributed by atoms with Crippen molar-refractivity contribution in [1.82, 2.24) is 4.90 Å². The molecule has 1 aromatic carbocycles. The van der Waals surface area contributed by atoms with Gasteiger partial charge in [0.15, 0.2) is 0 Å². The minimum Gasteiger partial charge on any atom is -0.494 e. The van der Waals surface area contributed by atoms with E-state index < -0.39 is 0 Å². The maximum absolute atomic E-state index is 12.6. The number of carbonyl (C=O) groups excluding carboxylic acids is 2. The molecule has 0 saturated carbocycles. The number of rotatable bonds is 10. The topological polar surface area (TPSA) is 55.8 Å². The van der Waals surface area contributed by atoms with Gasteiger partial charge in [-0.15, -0.1) is 0 Å². The number of hydrogen-bond donors (Lipinski definition) is 0. The second kappa shape index (κ2) is 10.7. The van der Waals surface area contributed by atoms with Crippen LogP contribution in [0.2, 0.25) is 0 Å². The number of benzene rings is 1. The molecule has 0 atom stereocenters. The van der Waals surface area contributed by atoms with E-state index in [1.807, 2.05) is 31.2 Å². The number of amides is 1. The van der Waals surface area contributed by atoms with Crippen LogP contribution in [0.1, 0.15) is 39.7 Å². The molecule has 1 amide bonds. The highest BCUT2D eigenvalue weighted by atomic mass is 16.5. The Morgan fingerprint density at radius 3 is 2.29 bits per heavy atom. The Morgan fingerprint density at radius 2 is 1.75 bits per heavy atom. The third-order valence-corrected chi connectivity index (χ3v) is 3.42. The lowest BCUT2D eigenvalue weighted by molar-refractivity contribution is -0.144. The summed E-state index contributed by atoms with van der Waals surface area (Å²) in [4.78, 5) is 25.9. The summed E-state index contributed by atoms with van der Waals surface area (Å²) in [5, 5.41) is 0. The van der Waals surface area contributed by atoms with Crippen molar-refractivity contribution >= 4 is 11.9 Å². The first-order valence-corrected chi connectivity index (χ1v) is 8.61. The van der Waals surface area contributed by atoms with Gasteiger partial charge in [-0.25, -0.2) is 0 Å². The summed E-state index contributed by atoms with van der Waals surface area (Å²) in [6.07, 6.45) is 0.553. The van der Waals surface area contributed by atoms with Crippen molar-refractivity contribution in [3.63, 3.8) is 0 Å². The van der Waals surface area contributed by atoms with E-state index in [0.29, 0.717) is 38.6 Å². The normalized spacial score (nSPS) is 10.5. The summed E-state index contributed by atoms with van der Waals surface area (Å²) in [5.41, 5.74) is 0.938. The highest BCUT2D eigenvalue weighted by Crippen LogP contribution is 2.14. The summed E-state index contributed by atoms with van der Waals surface area (Å²) < 4.78 is 10.3. The van der Waals surface area contributed by atoms with Crippen molar-refractivity contribution in [3.8, 4) is 5.75 Å². The maximum atomic E-state index is 12.6. The zero-order valence-electron chi connectivity index (χ0n) is 15.2. The number of carbonyl (C=O) groups is 2. The van der Waals surface area contributed by atoms with Crippen LogP contribution < -0.4 is 4.74 Å². The highest BCUT2D eigenvalue weighted by Gasteiger charge is 2.17. The van der Waals surface area contributed by atoms with Gasteiger partial charge in [-0.3, -0.25) is 9.59 Å². The lowest BCUT2D eigenvalue weighted by Crippen LogP contribution is -2.37. The molecule has 0 spiro atoms. The van der Waals surface area contributed by atoms with E-state index in [1.165, 1.54) is 0 Å². The number of ether oxygens (including phenoxy) is 2. The first kappa shape index (κ1) is 20.0. The quantitative estimate of drug-likeness (QED) is 0.617. The van der Waals surface area contributed by atoms with Crippen LogP contribution >= 0.6 is 0 Å². The molecular weight excluding hydrogens is 306 g/mol. The van der Waals surface area contributed by atoms with Crippen molar-refractivity contribution < 1.29 is 19.1 Å². The van der Waals surface area contributed by atoms with Crippen molar-refractivity contribution in [1.29, 1.82) is 0 Å². The van der Waals surface area contributed by atoms with Crippen LogP contribution in [-0.4, -0.2) is 43.1 Å². The predicted molar refractivity (Wildman–Crippen MR) is 94.0 cm³/mol. The lowest BCUT2D eigenvalue weighted by Gasteiger charge is -2.24. The Bertz CT molecular complexity index is 511. The van der Waals surface area contributed by atoms with Gasteiger partial charge in [-0.1, -0.05) is 26.0 Å². The smallest absolute Gasteiger partial charge is 0.307 e. The van der Waals surface area contributed by atoms with Crippen LogP contribution in [0.25, 0.3) is 0 Å². The van der Waals surface area contributed by atoms with Crippen molar-refractivity contribution in [2.24, 2.45) is 5.92 Å². The molecule has 0 N–H and O–H groups in total. The molecule has 0 fully saturated rings. The van der Waals surface area contributed by atoms with E-state index in [2.05, 4.69) is 13.8 Å². The van der Waals surface area contributed by atoms with Crippen LogP contribution in [0.3, 0.4) is 0 Å². The molecule has 0 aliphatic rings. The van der Waals surface area contributed by atoms with Crippen molar-refractivity contribution in [3.05, 3.63) is 29.8 Å². The monoisotopic (exact) mass is 335 g/mol. The van der Waals surface area contributed by atoms with Gasteiger partial charge in [0.05, 0.1) is 26.1 Å². The van der Waals surface area contributed by atoms with Gasteiger partial charge in [0.2, 0.25) is 5.91 Å². The summed E-state index contributed by atoms with van der Waals surface area (Å²) >= 11 is 0. The Balaban J connectivity index is 2.64. The Labute approximate surface area is 144 Å². The van der Waals surface area contributed by atoms with Crippen molar-refractivity contribution in [2.75, 3.05) is 26.3 Å². The van der Waals surface area contributed by atoms with Crippen molar-refractivity contribution in [2.45, 2.75) is 40.5 Å². The van der Waals surface area contributed by atoms with E-state index >= 15 is 0 Å². The fraction of sp³-hybridized carbons (Fsp3) is 0.579. The Hall–Kier alpha value is -2.04. The zero-order chi connectivity index (χ0) is 17.9. The highest BCUT2D eigenvalue weighted by molar-refractivity contribution is 5.79. The van der Waals surface area contributed by atoms with Gasteiger partial charge < -0.3 is 14.4 Å². The van der Waals surface area contributed by atoms with E-state index in [4.69, 9.17) is 9.47 Å². The molecule has 1 aromatic rings. The zero-order valence-corrected chi connectivity index (χ0v) is 15.2. The summed E-state index contributed by atoms with van der Waals surface area (Å²) in [5.74, 6) is 0.906. The predicted octanol–water partition coefficient (Wildman–Crippen LogP) is 3.07. The van der Waals surface area contributed by atoms with E-state index in [0.717, 1.165) is 11.3 Å². The molecule has 24 heavy (non-hydrogen) atoms. The molecule has 0 unspecified atom stereocenters. The molecule has 1 rings (SSSR count). The molecule has 0 aromatic heterocycles. The van der Waals surface area contributed by atoms with Gasteiger partial charge in [0, 0.05) is 13.1 Å². The second-order valence-electron chi connectivity index (χ2n) is 6.04. The summed E-state index contributed by atoms with van der Waals surface area (Å²) in [6, 6.07) is 7.55. The molecular formula is C19H29NO4. The van der Waals surface area contributed by atoms with Gasteiger partial charge in [-0.05, 0) is 37.5 Å². The average Bonchev–Trinajstić information content (AvgIpc) is 2.53. The largest absolute Gasteiger partial charge is 0.494 e. The fourth-order valence-electron chi connectivity index (χ4n) is 2.37. The molecule has 0 radical (unpaired) electrons. The molecule has 0 aliphatic heterocycles. The standard InChI is InChI=1S/C19H29NO4/c1-5-23-17-9-7-16(8-10-17)13-18(21)20(14-15(3)4)12-11-19(22)24-6-2/h7-10,15H,5-6,11-14H2,1-4H3. The summed E-state index contributed by atoms with van der Waals surface area (Å²) in [6.45, 7) is 9.84. The molecule has 0 saturated heterocycles. The molecule has 0 heterocycles. The van der Waals surface area contributed by atoms with E-state index in [-0.39, 0.29) is 18.3 Å². The molecule has 134 valence electrons. The summed E-state index contributed by atoms with van der Waals surface area (Å²) in [7, 11) is 0. The molecule has 5 nitrogen and oxygen atoms in total. The molecule has 0 bridgehead atoms. The fourth-order valence-corrected chi connectivity index (χ4v) is 2.37. The van der Waals surface area contributed by atoms with E-state index in [1.54, 1.807) is 11.8 Å². The number of esters is 1. The molecule has 5 heteroatoms. The minimum atomic E-state index is -0.264. The van der Waals surface area contributed by atoms with Crippen LogP contribution in [0, 0.1) is 5.92 Å². The van der Waals surface area contributed by atoms with E-state index in [9.17, 15) is 9.59 Å². The van der Waals surface area contributed by atoms with Gasteiger partial charge in [-0.2, -0.15) is 0 Å². The third-order valence-electron chi connectivity index (χ3n) is 3.42. The van der Waals surface area contributed by atoms with Crippen LogP contribution in [-0.2, 0) is 20.7 Å². The van der Waals surface area contributed by atoms with Crippen LogP contribution in [0.4, 0.5) is 0 Å². The first-order chi connectivity index (χ1) is 11.5. The van der Waals surface area contributed by atoms with Gasteiger partial charge >= 0.3 is 5.97 Å².